The SMILES string of the molecule is COc1ccccc1OCCNc1cccc(CCl)c1. The van der Waals surface area contributed by atoms with Crippen molar-refractivity contribution in [3.8, 4) is 11.5 Å². The van der Waals surface area contributed by atoms with E-state index in [1.165, 1.54) is 0 Å². The molecule has 0 aliphatic rings. The fourth-order valence-electron chi connectivity index (χ4n) is 1.86. The zero-order valence-corrected chi connectivity index (χ0v) is 12.2. The molecule has 0 aromatic heterocycles. The molecule has 0 aliphatic heterocycles. The maximum Gasteiger partial charge on any atom is 0.161 e. The Balaban J connectivity index is 1.81. The summed E-state index contributed by atoms with van der Waals surface area (Å²) in [6, 6.07) is 15.7. The van der Waals surface area contributed by atoms with Crippen molar-refractivity contribution in [1.82, 2.24) is 0 Å². The van der Waals surface area contributed by atoms with Gasteiger partial charge < -0.3 is 14.8 Å². The second-order valence-corrected chi connectivity index (χ2v) is 4.53. The molecule has 0 saturated heterocycles. The van der Waals surface area contributed by atoms with Gasteiger partial charge in [0, 0.05) is 18.1 Å². The highest BCUT2D eigenvalue weighted by atomic mass is 35.5. The highest BCUT2D eigenvalue weighted by Gasteiger charge is 2.01. The van der Waals surface area contributed by atoms with Gasteiger partial charge >= 0.3 is 0 Å². The van der Waals surface area contributed by atoms with Gasteiger partial charge in [-0.15, -0.1) is 11.6 Å². The molecule has 0 radical (unpaired) electrons. The molecule has 0 saturated carbocycles. The first-order chi connectivity index (χ1) is 9.83. The van der Waals surface area contributed by atoms with Crippen LogP contribution >= 0.6 is 11.6 Å². The Labute approximate surface area is 124 Å². The number of benzene rings is 2. The zero-order chi connectivity index (χ0) is 14.2. The first kappa shape index (κ1) is 14.5. The van der Waals surface area contributed by atoms with Crippen LogP contribution in [0.2, 0.25) is 0 Å². The van der Waals surface area contributed by atoms with Crippen molar-refractivity contribution in [2.24, 2.45) is 0 Å². The summed E-state index contributed by atoms with van der Waals surface area (Å²) in [4.78, 5) is 0. The lowest BCUT2D eigenvalue weighted by atomic mass is 10.2. The Kier molecular flexibility index (Phi) is 5.56. The van der Waals surface area contributed by atoms with Gasteiger partial charge in [-0.25, -0.2) is 0 Å². The molecule has 4 heteroatoms. The summed E-state index contributed by atoms with van der Waals surface area (Å²) in [5.41, 5.74) is 2.15. The number of hydrogen-bond donors (Lipinski definition) is 1. The molecule has 2 rings (SSSR count). The first-order valence-corrected chi connectivity index (χ1v) is 7.01. The summed E-state index contributed by atoms with van der Waals surface area (Å²) in [5, 5.41) is 3.30. The smallest absolute Gasteiger partial charge is 0.161 e. The lowest BCUT2D eigenvalue weighted by Gasteiger charge is -2.11. The van der Waals surface area contributed by atoms with Crippen molar-refractivity contribution in [1.29, 1.82) is 0 Å². The number of alkyl halides is 1. The molecule has 0 unspecified atom stereocenters. The minimum atomic E-state index is 0.521. The van der Waals surface area contributed by atoms with Gasteiger partial charge in [-0.1, -0.05) is 24.3 Å². The maximum atomic E-state index is 5.81. The number of halogens is 1. The molecule has 1 N–H and O–H groups in total. The van der Waals surface area contributed by atoms with Crippen molar-refractivity contribution in [3.05, 3.63) is 54.1 Å². The topological polar surface area (TPSA) is 30.5 Å². The molecule has 3 nitrogen and oxygen atoms in total. The Hall–Kier alpha value is -1.87. The van der Waals surface area contributed by atoms with Gasteiger partial charge in [-0.3, -0.25) is 0 Å². The summed E-state index contributed by atoms with van der Waals surface area (Å²) in [5.74, 6) is 2.02. The second kappa shape index (κ2) is 7.65. The van der Waals surface area contributed by atoms with Crippen LogP contribution in [0.3, 0.4) is 0 Å². The number of anilines is 1. The van der Waals surface area contributed by atoms with E-state index in [2.05, 4.69) is 5.32 Å². The van der Waals surface area contributed by atoms with Gasteiger partial charge in [-0.05, 0) is 29.8 Å². The van der Waals surface area contributed by atoms with Crippen LogP contribution in [0.1, 0.15) is 5.56 Å². The normalized spacial score (nSPS) is 10.1. The summed E-state index contributed by atoms with van der Waals surface area (Å²) in [6.45, 7) is 1.27. The highest BCUT2D eigenvalue weighted by Crippen LogP contribution is 2.25. The lowest BCUT2D eigenvalue weighted by Crippen LogP contribution is -2.11. The van der Waals surface area contributed by atoms with Crippen LogP contribution in [-0.4, -0.2) is 20.3 Å². The van der Waals surface area contributed by atoms with Crippen molar-refractivity contribution in [3.63, 3.8) is 0 Å². The molecule has 0 aliphatic carbocycles. The third-order valence-corrected chi connectivity index (χ3v) is 3.15. The van der Waals surface area contributed by atoms with Crippen molar-refractivity contribution in [2.45, 2.75) is 5.88 Å². The summed E-state index contributed by atoms with van der Waals surface area (Å²) in [6.07, 6.45) is 0. The number of methoxy groups -OCH3 is 1. The fourth-order valence-corrected chi connectivity index (χ4v) is 2.03. The number of para-hydroxylation sites is 2. The minimum Gasteiger partial charge on any atom is -0.493 e. The van der Waals surface area contributed by atoms with Crippen LogP contribution in [0.25, 0.3) is 0 Å². The van der Waals surface area contributed by atoms with E-state index in [1.807, 2.05) is 48.5 Å². The van der Waals surface area contributed by atoms with E-state index < -0.39 is 0 Å². The standard InChI is InChI=1S/C16H18ClNO2/c1-19-15-7-2-3-8-16(15)20-10-9-18-14-6-4-5-13(11-14)12-17/h2-8,11,18H,9-10,12H2,1H3. The van der Waals surface area contributed by atoms with Crippen LogP contribution < -0.4 is 14.8 Å². The number of nitrogens with one attached hydrogen (secondary N) is 1. The number of ether oxygens (including phenoxy) is 2. The Morgan fingerprint density at radius 1 is 1.05 bits per heavy atom. The Bertz CT molecular complexity index is 546. The van der Waals surface area contributed by atoms with Gasteiger partial charge in [0.25, 0.3) is 0 Å². The largest absolute Gasteiger partial charge is 0.493 e. The van der Waals surface area contributed by atoms with Crippen LogP contribution in [0.4, 0.5) is 5.69 Å². The van der Waals surface area contributed by atoms with Gasteiger partial charge in [0.15, 0.2) is 11.5 Å². The first-order valence-electron chi connectivity index (χ1n) is 6.48. The number of rotatable bonds is 7. The van der Waals surface area contributed by atoms with Gasteiger partial charge in [0.2, 0.25) is 0 Å². The van der Waals surface area contributed by atoms with Gasteiger partial charge in [-0.2, -0.15) is 0 Å². The molecule has 0 atom stereocenters. The molecule has 2 aromatic carbocycles. The van der Waals surface area contributed by atoms with E-state index >= 15 is 0 Å². The third-order valence-electron chi connectivity index (χ3n) is 2.84. The van der Waals surface area contributed by atoms with Crippen LogP contribution in [0.5, 0.6) is 11.5 Å². The minimum absolute atomic E-state index is 0.521. The summed E-state index contributed by atoms with van der Waals surface area (Å²) in [7, 11) is 1.64. The Morgan fingerprint density at radius 3 is 2.60 bits per heavy atom. The molecule has 0 heterocycles. The molecular weight excluding hydrogens is 274 g/mol. The monoisotopic (exact) mass is 291 g/mol. The van der Waals surface area contributed by atoms with E-state index in [0.717, 1.165) is 22.7 Å². The molecule has 0 amide bonds. The van der Waals surface area contributed by atoms with Crippen LogP contribution in [-0.2, 0) is 5.88 Å². The average Bonchev–Trinajstić information content (AvgIpc) is 2.52. The average molecular weight is 292 g/mol. The van der Waals surface area contributed by atoms with Gasteiger partial charge in [0.05, 0.1) is 7.11 Å². The Morgan fingerprint density at radius 2 is 1.85 bits per heavy atom. The van der Waals surface area contributed by atoms with Crippen molar-refractivity contribution >= 4 is 17.3 Å². The second-order valence-electron chi connectivity index (χ2n) is 4.26. The molecule has 0 spiro atoms. The summed E-state index contributed by atoms with van der Waals surface area (Å²) < 4.78 is 10.9. The van der Waals surface area contributed by atoms with Crippen molar-refractivity contribution in [2.75, 3.05) is 25.6 Å². The van der Waals surface area contributed by atoms with E-state index in [4.69, 9.17) is 21.1 Å². The number of hydrogen-bond acceptors (Lipinski definition) is 3. The van der Waals surface area contributed by atoms with Crippen LogP contribution in [0.15, 0.2) is 48.5 Å². The lowest BCUT2D eigenvalue weighted by molar-refractivity contribution is 0.306. The molecule has 0 bridgehead atoms. The zero-order valence-electron chi connectivity index (χ0n) is 11.4. The van der Waals surface area contributed by atoms with E-state index in [0.29, 0.717) is 19.0 Å². The summed E-state index contributed by atoms with van der Waals surface area (Å²) >= 11 is 5.81. The van der Waals surface area contributed by atoms with E-state index in [1.54, 1.807) is 7.11 Å². The quantitative estimate of drug-likeness (QED) is 0.619. The van der Waals surface area contributed by atoms with E-state index in [9.17, 15) is 0 Å². The molecule has 20 heavy (non-hydrogen) atoms. The molecule has 106 valence electrons. The van der Waals surface area contributed by atoms with Gasteiger partial charge in [0.1, 0.15) is 6.61 Å². The van der Waals surface area contributed by atoms with Crippen molar-refractivity contribution < 1.29 is 9.47 Å². The van der Waals surface area contributed by atoms with Crippen LogP contribution in [0, 0.1) is 0 Å². The predicted molar refractivity (Wildman–Crippen MR) is 83.0 cm³/mol. The third kappa shape index (κ3) is 4.07. The molecule has 2 aromatic rings. The molecule has 0 fully saturated rings. The molecular formula is C16H18ClNO2. The maximum absolute atomic E-state index is 5.81. The fraction of sp³-hybridized carbons (Fsp3) is 0.250. The highest BCUT2D eigenvalue weighted by molar-refractivity contribution is 6.17. The van der Waals surface area contributed by atoms with E-state index in [-0.39, 0.29) is 0 Å². The predicted octanol–water partition coefficient (Wildman–Crippen LogP) is 3.92.